The second kappa shape index (κ2) is 18.5. The normalized spacial score (nSPS) is 11.5. The second-order valence-electron chi connectivity index (χ2n) is 21.0. The third kappa shape index (κ3) is 8.07. The first kappa shape index (κ1) is 46.3. The van der Waals surface area contributed by atoms with Crippen molar-refractivity contribution in [3.05, 3.63) is 263 Å². The molecule has 0 fully saturated rings. The fourth-order valence-electron chi connectivity index (χ4n) is 11.8. The lowest BCUT2D eigenvalue weighted by Gasteiger charge is -2.20. The number of benzene rings is 11. The van der Waals surface area contributed by atoms with E-state index in [-0.39, 0.29) is 0 Å². The lowest BCUT2D eigenvalue weighted by molar-refractivity contribution is 1.16. The molecule has 2 aromatic heterocycles. The molecular weight excluding hydrogens is 919 g/mol. The van der Waals surface area contributed by atoms with Crippen LogP contribution in [0.25, 0.3) is 122 Å². The Labute approximate surface area is 444 Å². The van der Waals surface area contributed by atoms with Gasteiger partial charge in [-0.15, -0.1) is 0 Å². The molecule has 2 heterocycles. The molecule has 13 rings (SSSR count). The second-order valence-corrected chi connectivity index (χ2v) is 21.0. The van der Waals surface area contributed by atoms with Gasteiger partial charge < -0.3 is 9.13 Å². The fourth-order valence-corrected chi connectivity index (χ4v) is 11.8. The smallest absolute Gasteiger partial charge is 0.0992 e. The highest BCUT2D eigenvalue weighted by molar-refractivity contribution is 6.14. The van der Waals surface area contributed by atoms with E-state index >= 15 is 0 Å². The van der Waals surface area contributed by atoms with Gasteiger partial charge in [0, 0.05) is 32.7 Å². The van der Waals surface area contributed by atoms with Gasteiger partial charge in [0.25, 0.3) is 0 Å². The lowest BCUT2D eigenvalue weighted by Crippen LogP contribution is -2.03. The number of nitrogens with zero attached hydrogens (tertiary/aromatic N) is 3. The third-order valence-electron chi connectivity index (χ3n) is 15.5. The van der Waals surface area contributed by atoms with E-state index in [9.17, 15) is 5.26 Å². The molecule has 0 aliphatic carbocycles. The van der Waals surface area contributed by atoms with Crippen molar-refractivity contribution in [2.75, 3.05) is 0 Å². The zero-order valence-electron chi connectivity index (χ0n) is 43.7. The minimum Gasteiger partial charge on any atom is -0.309 e. The molecule has 0 atom stereocenters. The van der Waals surface area contributed by atoms with Gasteiger partial charge in [-0.3, -0.25) is 0 Å². The highest BCUT2D eigenvalue weighted by Crippen LogP contribution is 2.45. The Kier molecular flexibility index (Phi) is 11.3. The van der Waals surface area contributed by atoms with Crippen molar-refractivity contribution >= 4 is 43.6 Å². The first-order chi connectivity index (χ1) is 37.0. The summed E-state index contributed by atoms with van der Waals surface area (Å²) in [6, 6.07) is 85.4. The molecule has 3 heteroatoms. The van der Waals surface area contributed by atoms with E-state index in [1.54, 1.807) is 0 Å². The maximum atomic E-state index is 10.8. The molecule has 0 radical (unpaired) electrons. The van der Waals surface area contributed by atoms with Crippen molar-refractivity contribution < 1.29 is 0 Å². The predicted molar refractivity (Wildman–Crippen MR) is 321 cm³/mol. The quantitative estimate of drug-likeness (QED) is 0.149. The zero-order valence-corrected chi connectivity index (χ0v) is 43.7. The summed E-state index contributed by atoms with van der Waals surface area (Å²) in [5, 5.41) is 15.5. The van der Waals surface area contributed by atoms with Gasteiger partial charge in [0.2, 0.25) is 0 Å². The summed E-state index contributed by atoms with van der Waals surface area (Å²) in [7, 11) is 0. The molecule has 0 saturated heterocycles. The Morgan fingerprint density at radius 3 is 1.04 bits per heavy atom. The van der Waals surface area contributed by atoms with Gasteiger partial charge in [-0.05, 0) is 176 Å². The van der Waals surface area contributed by atoms with Crippen LogP contribution in [0, 0.1) is 52.9 Å². The summed E-state index contributed by atoms with van der Waals surface area (Å²) in [6.07, 6.45) is 0. The monoisotopic (exact) mass is 973 g/mol. The number of fused-ring (bicyclic) bond motifs is 6. The maximum absolute atomic E-state index is 10.8. The molecule has 0 amide bonds. The van der Waals surface area contributed by atoms with E-state index in [1.165, 1.54) is 83.1 Å². The van der Waals surface area contributed by atoms with E-state index < -0.39 is 0 Å². The van der Waals surface area contributed by atoms with E-state index in [0.717, 1.165) is 72.0 Å². The Balaban J connectivity index is 1.12. The van der Waals surface area contributed by atoms with Crippen LogP contribution in [0.3, 0.4) is 0 Å². The summed E-state index contributed by atoms with van der Waals surface area (Å²) in [6.45, 7) is 13.0. The highest BCUT2D eigenvalue weighted by atomic mass is 15.0. The standard InChI is InChI=1S/C73H55N3/c1-45-11-7-15-52(34-45)56-21-28-69-64(39-56)65-40-57(53-16-8-12-46(2)35-53)22-29-70(65)75(69)68-32-25-60(61-26-19-49(5)33-50(61)6)43-63(68)62-27-20-51(44-74)38-73(62)76-71-30-23-58(54-17-9-13-47(3)36-54)41-66(71)67-42-59(24-31-72(67)76)55-18-10-14-48(4)37-55/h7-43H,1-6H3. The molecule has 11 aromatic carbocycles. The van der Waals surface area contributed by atoms with Crippen LogP contribution in [0.4, 0.5) is 0 Å². The Morgan fingerprint density at radius 2 is 0.645 bits per heavy atom. The topological polar surface area (TPSA) is 33.6 Å². The molecule has 0 aliphatic rings. The molecule has 0 bridgehead atoms. The van der Waals surface area contributed by atoms with Gasteiger partial charge in [-0.2, -0.15) is 5.26 Å². The fraction of sp³-hybridized carbons (Fsp3) is 0.0822. The van der Waals surface area contributed by atoms with Crippen LogP contribution in [0.1, 0.15) is 38.9 Å². The first-order valence-electron chi connectivity index (χ1n) is 26.3. The number of aryl methyl sites for hydroxylation is 6. The van der Waals surface area contributed by atoms with Gasteiger partial charge in [0.05, 0.1) is 45.1 Å². The highest BCUT2D eigenvalue weighted by Gasteiger charge is 2.24. The van der Waals surface area contributed by atoms with E-state index in [4.69, 9.17) is 0 Å². The average molecular weight is 974 g/mol. The lowest BCUT2D eigenvalue weighted by atomic mass is 9.92. The molecule has 0 spiro atoms. The summed E-state index contributed by atoms with van der Waals surface area (Å²) >= 11 is 0. The van der Waals surface area contributed by atoms with Crippen molar-refractivity contribution in [2.45, 2.75) is 41.5 Å². The summed E-state index contributed by atoms with van der Waals surface area (Å²) < 4.78 is 4.88. The van der Waals surface area contributed by atoms with E-state index in [2.05, 4.69) is 275 Å². The molecule has 3 nitrogen and oxygen atoms in total. The van der Waals surface area contributed by atoms with E-state index in [0.29, 0.717) is 5.56 Å². The van der Waals surface area contributed by atoms with Crippen LogP contribution in [-0.4, -0.2) is 9.13 Å². The SMILES string of the molecule is Cc1cccc(-c2ccc3c(c2)c2cc(-c4cccc(C)c4)ccc2n3-c2ccc(-c3ccc(C)cc3C)cc2-c2ccc(C#N)cc2-n2c3ccc(-c4cccc(C)c4)cc3c3cc(-c4cccc(C)c4)ccc32)c1. The van der Waals surface area contributed by atoms with Gasteiger partial charge in [-0.1, -0.05) is 179 Å². The average Bonchev–Trinajstić information content (AvgIpc) is 4.07. The van der Waals surface area contributed by atoms with Crippen LogP contribution >= 0.6 is 0 Å². The molecule has 362 valence electrons. The molecule has 13 aromatic rings. The van der Waals surface area contributed by atoms with Gasteiger partial charge in [0.15, 0.2) is 0 Å². The molecular formula is C73H55N3. The molecule has 0 aliphatic heterocycles. The predicted octanol–water partition coefficient (Wildman–Crippen LogP) is 19.6. The number of nitriles is 1. The van der Waals surface area contributed by atoms with Crippen LogP contribution < -0.4 is 0 Å². The molecule has 76 heavy (non-hydrogen) atoms. The van der Waals surface area contributed by atoms with Crippen molar-refractivity contribution in [1.82, 2.24) is 9.13 Å². The molecule has 0 saturated carbocycles. The number of hydrogen-bond acceptors (Lipinski definition) is 1. The van der Waals surface area contributed by atoms with Crippen molar-refractivity contribution in [1.29, 1.82) is 5.26 Å². The van der Waals surface area contributed by atoms with Crippen LogP contribution in [-0.2, 0) is 0 Å². The number of hydrogen-bond donors (Lipinski definition) is 0. The Hall–Kier alpha value is -9.49. The maximum Gasteiger partial charge on any atom is 0.0992 e. The zero-order chi connectivity index (χ0) is 51.8. The van der Waals surface area contributed by atoms with Crippen LogP contribution in [0.15, 0.2) is 224 Å². The van der Waals surface area contributed by atoms with Crippen LogP contribution in [0.2, 0.25) is 0 Å². The van der Waals surface area contributed by atoms with Crippen molar-refractivity contribution in [2.24, 2.45) is 0 Å². The Morgan fingerprint density at radius 1 is 0.276 bits per heavy atom. The van der Waals surface area contributed by atoms with Crippen molar-refractivity contribution in [3.63, 3.8) is 0 Å². The van der Waals surface area contributed by atoms with E-state index in [1.807, 2.05) is 6.07 Å². The van der Waals surface area contributed by atoms with Crippen molar-refractivity contribution in [3.8, 4) is 84.2 Å². The summed E-state index contributed by atoms with van der Waals surface area (Å²) in [5.74, 6) is 0. The summed E-state index contributed by atoms with van der Waals surface area (Å²) in [5.41, 5.74) is 28.2. The first-order valence-corrected chi connectivity index (χ1v) is 26.3. The number of rotatable bonds is 8. The Bertz CT molecular complexity index is 4340. The number of aromatic nitrogens is 2. The molecule has 0 unspecified atom stereocenters. The minimum atomic E-state index is 0.595. The van der Waals surface area contributed by atoms with Gasteiger partial charge in [-0.25, -0.2) is 0 Å². The largest absolute Gasteiger partial charge is 0.309 e. The summed E-state index contributed by atoms with van der Waals surface area (Å²) in [4.78, 5) is 0. The molecule has 0 N–H and O–H groups in total. The third-order valence-corrected chi connectivity index (χ3v) is 15.5. The minimum absolute atomic E-state index is 0.595. The van der Waals surface area contributed by atoms with Crippen LogP contribution in [0.5, 0.6) is 0 Å². The van der Waals surface area contributed by atoms with Gasteiger partial charge in [0.1, 0.15) is 0 Å². The van der Waals surface area contributed by atoms with Gasteiger partial charge >= 0.3 is 0 Å².